The largest absolute Gasteiger partial charge is 0.376 e. The zero-order chi connectivity index (χ0) is 19.6. The smallest absolute Gasteiger partial charge is 0.0720 e. The average molecular weight is 364 g/mol. The standard InChI is InChI=1S/C23H41NO2/c1-8-9-14-23(6,7)26-16-15-22(4,5)24-17-20-10-12-21(13-11-20)18-25-19(2)3/h10-13,19,24H,8-9,14-18H2,1-7H3. The Hall–Kier alpha value is -0.900. The number of hydrogen-bond donors (Lipinski definition) is 1. The summed E-state index contributed by atoms with van der Waals surface area (Å²) in [5, 5.41) is 3.66. The minimum absolute atomic E-state index is 0.0139. The first-order chi connectivity index (χ1) is 12.1. The van der Waals surface area contributed by atoms with Crippen molar-refractivity contribution < 1.29 is 9.47 Å². The van der Waals surface area contributed by atoms with Crippen LogP contribution in [-0.2, 0) is 22.6 Å². The van der Waals surface area contributed by atoms with Crippen molar-refractivity contribution >= 4 is 0 Å². The Labute approximate surface area is 161 Å². The van der Waals surface area contributed by atoms with Gasteiger partial charge in [-0.1, -0.05) is 44.0 Å². The summed E-state index contributed by atoms with van der Waals surface area (Å²) in [6.07, 6.45) is 4.86. The molecule has 150 valence electrons. The number of hydrogen-bond acceptors (Lipinski definition) is 3. The van der Waals surface area contributed by atoms with Crippen LogP contribution in [-0.4, -0.2) is 23.9 Å². The van der Waals surface area contributed by atoms with Gasteiger partial charge in [-0.15, -0.1) is 0 Å². The fourth-order valence-corrected chi connectivity index (χ4v) is 2.70. The highest BCUT2D eigenvalue weighted by molar-refractivity contribution is 5.22. The zero-order valence-electron chi connectivity index (χ0n) is 18.2. The van der Waals surface area contributed by atoms with E-state index in [1.165, 1.54) is 24.0 Å². The Morgan fingerprint density at radius 1 is 0.962 bits per heavy atom. The molecule has 0 aliphatic rings. The van der Waals surface area contributed by atoms with Gasteiger partial charge in [0.2, 0.25) is 0 Å². The van der Waals surface area contributed by atoms with Crippen molar-refractivity contribution in [3.63, 3.8) is 0 Å². The molecule has 1 rings (SSSR count). The molecule has 0 aromatic heterocycles. The number of benzene rings is 1. The Morgan fingerprint density at radius 3 is 2.15 bits per heavy atom. The molecule has 26 heavy (non-hydrogen) atoms. The first-order valence-corrected chi connectivity index (χ1v) is 10.2. The predicted octanol–water partition coefficient (Wildman–Crippen LogP) is 5.86. The zero-order valence-corrected chi connectivity index (χ0v) is 18.2. The van der Waals surface area contributed by atoms with E-state index in [0.717, 1.165) is 26.0 Å². The van der Waals surface area contributed by atoms with Gasteiger partial charge in [0.15, 0.2) is 0 Å². The van der Waals surface area contributed by atoms with E-state index >= 15 is 0 Å². The number of rotatable bonds is 13. The maximum atomic E-state index is 6.13. The Kier molecular flexibility index (Phi) is 9.84. The Morgan fingerprint density at radius 2 is 1.58 bits per heavy atom. The summed E-state index contributed by atoms with van der Waals surface area (Å²) in [4.78, 5) is 0. The van der Waals surface area contributed by atoms with Crippen LogP contribution in [0.1, 0.15) is 85.3 Å². The van der Waals surface area contributed by atoms with Crippen LogP contribution in [0.3, 0.4) is 0 Å². The van der Waals surface area contributed by atoms with Crippen molar-refractivity contribution in [1.29, 1.82) is 0 Å². The van der Waals surface area contributed by atoms with E-state index in [1.807, 2.05) is 0 Å². The molecule has 0 atom stereocenters. The van der Waals surface area contributed by atoms with Crippen LogP contribution < -0.4 is 5.32 Å². The lowest BCUT2D eigenvalue weighted by Crippen LogP contribution is -2.40. The lowest BCUT2D eigenvalue weighted by molar-refractivity contribution is -0.0321. The maximum Gasteiger partial charge on any atom is 0.0720 e. The first kappa shape index (κ1) is 23.1. The van der Waals surface area contributed by atoms with Gasteiger partial charge in [0.25, 0.3) is 0 Å². The van der Waals surface area contributed by atoms with E-state index in [-0.39, 0.29) is 17.2 Å². The van der Waals surface area contributed by atoms with Crippen molar-refractivity contribution in [2.45, 2.75) is 105 Å². The highest BCUT2D eigenvalue weighted by atomic mass is 16.5. The lowest BCUT2D eigenvalue weighted by atomic mass is 9.99. The molecule has 0 saturated heterocycles. The van der Waals surface area contributed by atoms with E-state index < -0.39 is 0 Å². The molecule has 0 fully saturated rings. The van der Waals surface area contributed by atoms with Gasteiger partial charge in [-0.2, -0.15) is 0 Å². The lowest BCUT2D eigenvalue weighted by Gasteiger charge is -2.30. The summed E-state index contributed by atoms with van der Waals surface area (Å²) < 4.78 is 11.8. The second-order valence-electron chi connectivity index (χ2n) is 8.88. The molecule has 0 aliphatic carbocycles. The summed E-state index contributed by atoms with van der Waals surface area (Å²) in [5.41, 5.74) is 2.57. The fourth-order valence-electron chi connectivity index (χ4n) is 2.70. The molecule has 0 aliphatic heterocycles. The first-order valence-electron chi connectivity index (χ1n) is 10.2. The predicted molar refractivity (Wildman–Crippen MR) is 111 cm³/mol. The number of ether oxygens (including phenoxy) is 2. The summed E-state index contributed by atoms with van der Waals surface area (Å²) in [6.45, 7) is 17.6. The van der Waals surface area contributed by atoms with Crippen LogP contribution in [0.5, 0.6) is 0 Å². The summed E-state index contributed by atoms with van der Waals surface area (Å²) >= 11 is 0. The van der Waals surface area contributed by atoms with Crippen LogP contribution in [0, 0.1) is 0 Å². The second-order valence-corrected chi connectivity index (χ2v) is 8.88. The average Bonchev–Trinajstić information content (AvgIpc) is 2.57. The third-order valence-corrected chi connectivity index (χ3v) is 4.73. The van der Waals surface area contributed by atoms with Crippen LogP contribution in [0.15, 0.2) is 24.3 Å². The van der Waals surface area contributed by atoms with E-state index in [9.17, 15) is 0 Å². The Bertz CT molecular complexity index is 491. The summed E-state index contributed by atoms with van der Waals surface area (Å²) in [6, 6.07) is 8.69. The monoisotopic (exact) mass is 363 g/mol. The molecular weight excluding hydrogens is 322 g/mol. The minimum atomic E-state index is -0.0139. The van der Waals surface area contributed by atoms with Gasteiger partial charge in [-0.05, 0) is 65.5 Å². The maximum absolute atomic E-state index is 6.13. The molecule has 0 heterocycles. The second kappa shape index (κ2) is 11.1. The quantitative estimate of drug-likeness (QED) is 0.476. The molecule has 0 spiro atoms. The molecule has 3 heteroatoms. The van der Waals surface area contributed by atoms with Crippen LogP contribution in [0.4, 0.5) is 0 Å². The molecule has 1 N–H and O–H groups in total. The van der Waals surface area contributed by atoms with E-state index in [4.69, 9.17) is 9.47 Å². The van der Waals surface area contributed by atoms with Gasteiger partial charge in [0, 0.05) is 18.7 Å². The summed E-state index contributed by atoms with van der Waals surface area (Å²) in [5.74, 6) is 0. The molecular formula is C23H41NO2. The molecule has 0 radical (unpaired) electrons. The van der Waals surface area contributed by atoms with Crippen molar-refractivity contribution in [2.75, 3.05) is 6.61 Å². The van der Waals surface area contributed by atoms with Crippen LogP contribution >= 0.6 is 0 Å². The van der Waals surface area contributed by atoms with Crippen molar-refractivity contribution in [3.05, 3.63) is 35.4 Å². The third kappa shape index (κ3) is 10.3. The van der Waals surface area contributed by atoms with Crippen molar-refractivity contribution in [1.82, 2.24) is 5.32 Å². The highest BCUT2D eigenvalue weighted by Crippen LogP contribution is 2.20. The van der Waals surface area contributed by atoms with Crippen LogP contribution in [0.2, 0.25) is 0 Å². The topological polar surface area (TPSA) is 30.5 Å². The normalized spacial score (nSPS) is 12.8. The Balaban J connectivity index is 2.35. The molecule has 0 saturated carbocycles. The molecule has 0 unspecified atom stereocenters. The van der Waals surface area contributed by atoms with Gasteiger partial charge < -0.3 is 14.8 Å². The molecule has 1 aromatic carbocycles. The van der Waals surface area contributed by atoms with Gasteiger partial charge >= 0.3 is 0 Å². The molecule has 1 aromatic rings. The molecule has 0 amide bonds. The molecule has 3 nitrogen and oxygen atoms in total. The van der Waals surface area contributed by atoms with Gasteiger partial charge in [0.1, 0.15) is 0 Å². The van der Waals surface area contributed by atoms with Gasteiger partial charge in [-0.25, -0.2) is 0 Å². The number of nitrogens with one attached hydrogen (secondary N) is 1. The third-order valence-electron chi connectivity index (χ3n) is 4.73. The van der Waals surface area contributed by atoms with E-state index in [2.05, 4.69) is 78.0 Å². The minimum Gasteiger partial charge on any atom is -0.376 e. The van der Waals surface area contributed by atoms with Crippen molar-refractivity contribution in [2.24, 2.45) is 0 Å². The van der Waals surface area contributed by atoms with E-state index in [1.54, 1.807) is 0 Å². The number of unbranched alkanes of at least 4 members (excludes halogenated alkanes) is 1. The fraction of sp³-hybridized carbons (Fsp3) is 0.739. The van der Waals surface area contributed by atoms with E-state index in [0.29, 0.717) is 6.61 Å². The highest BCUT2D eigenvalue weighted by Gasteiger charge is 2.21. The van der Waals surface area contributed by atoms with Gasteiger partial charge in [-0.3, -0.25) is 0 Å². The van der Waals surface area contributed by atoms with Crippen molar-refractivity contribution in [3.8, 4) is 0 Å². The van der Waals surface area contributed by atoms with Crippen LogP contribution in [0.25, 0.3) is 0 Å². The summed E-state index contributed by atoms with van der Waals surface area (Å²) in [7, 11) is 0. The van der Waals surface area contributed by atoms with Gasteiger partial charge in [0.05, 0.1) is 18.3 Å². The molecule has 0 bridgehead atoms. The SMILES string of the molecule is CCCCC(C)(C)OCCC(C)(C)NCc1ccc(COC(C)C)cc1.